The molecule has 0 aliphatic heterocycles. The topological polar surface area (TPSA) is 52.1 Å². The van der Waals surface area contributed by atoms with E-state index in [4.69, 9.17) is 4.74 Å². The zero-order chi connectivity index (χ0) is 13.8. The Kier molecular flexibility index (Phi) is 4.16. The van der Waals surface area contributed by atoms with Gasteiger partial charge < -0.3 is 4.74 Å². The molecule has 0 aliphatic rings. The van der Waals surface area contributed by atoms with Gasteiger partial charge in [-0.3, -0.25) is 0 Å². The largest absolute Gasteiger partial charge is 0.461 e. The van der Waals surface area contributed by atoms with Crippen LogP contribution in [-0.4, -0.2) is 22.8 Å². The van der Waals surface area contributed by atoms with Crippen LogP contribution in [0.25, 0.3) is 0 Å². The average molecular weight is 284 g/mol. The summed E-state index contributed by atoms with van der Waals surface area (Å²) in [6, 6.07) is 3.23. The molecule has 0 saturated carbocycles. The Morgan fingerprint density at radius 3 is 2.58 bits per heavy atom. The highest BCUT2D eigenvalue weighted by Crippen LogP contribution is 2.17. The molecule has 0 bridgehead atoms. The monoisotopic (exact) mass is 284 g/mol. The average Bonchev–Trinajstić information content (AvgIpc) is 2.76. The summed E-state index contributed by atoms with van der Waals surface area (Å²) >= 11 is 1.05. The molecule has 0 spiro atoms. The standard InChI is InChI=1S/C12H10F2N2O2S/c1-2-18-12(17)11-16-15-10(19-11)5-7-3-8(13)6-9(14)4-7/h3-4,6H,2,5H2,1H3. The van der Waals surface area contributed by atoms with E-state index in [0.29, 0.717) is 10.6 Å². The molecular weight excluding hydrogens is 274 g/mol. The SMILES string of the molecule is CCOC(=O)c1nnc(Cc2cc(F)cc(F)c2)s1. The van der Waals surface area contributed by atoms with Gasteiger partial charge in [0.25, 0.3) is 0 Å². The summed E-state index contributed by atoms with van der Waals surface area (Å²) in [7, 11) is 0. The summed E-state index contributed by atoms with van der Waals surface area (Å²) < 4.78 is 30.8. The van der Waals surface area contributed by atoms with E-state index in [1.165, 1.54) is 12.1 Å². The summed E-state index contributed by atoms with van der Waals surface area (Å²) in [5.41, 5.74) is 0.434. The fourth-order valence-electron chi connectivity index (χ4n) is 1.49. The van der Waals surface area contributed by atoms with Crippen molar-refractivity contribution in [3.8, 4) is 0 Å². The number of carbonyl (C=O) groups excluding carboxylic acids is 1. The second kappa shape index (κ2) is 5.83. The van der Waals surface area contributed by atoms with Gasteiger partial charge in [0.15, 0.2) is 0 Å². The molecule has 0 saturated heterocycles. The number of halogens is 2. The van der Waals surface area contributed by atoms with E-state index >= 15 is 0 Å². The van der Waals surface area contributed by atoms with Crippen molar-refractivity contribution in [3.63, 3.8) is 0 Å². The van der Waals surface area contributed by atoms with E-state index in [1.54, 1.807) is 6.92 Å². The summed E-state index contributed by atoms with van der Waals surface area (Å²) in [4.78, 5) is 11.4. The molecule has 0 amide bonds. The maximum Gasteiger partial charge on any atom is 0.369 e. The maximum absolute atomic E-state index is 13.0. The van der Waals surface area contributed by atoms with Crippen molar-refractivity contribution < 1.29 is 18.3 Å². The smallest absolute Gasteiger partial charge is 0.369 e. The van der Waals surface area contributed by atoms with Gasteiger partial charge in [0.1, 0.15) is 16.6 Å². The predicted octanol–water partition coefficient (Wildman–Crippen LogP) is 2.58. The van der Waals surface area contributed by atoms with Gasteiger partial charge in [0.2, 0.25) is 5.01 Å². The van der Waals surface area contributed by atoms with Crippen LogP contribution in [0.4, 0.5) is 8.78 Å². The van der Waals surface area contributed by atoms with E-state index in [0.717, 1.165) is 17.4 Å². The summed E-state index contributed by atoms with van der Waals surface area (Å²) in [6.45, 7) is 1.94. The second-order valence-electron chi connectivity index (χ2n) is 3.68. The molecule has 0 atom stereocenters. The normalized spacial score (nSPS) is 10.5. The highest BCUT2D eigenvalue weighted by atomic mass is 32.1. The van der Waals surface area contributed by atoms with Gasteiger partial charge in [-0.05, 0) is 24.6 Å². The predicted molar refractivity (Wildman–Crippen MR) is 65.0 cm³/mol. The zero-order valence-corrected chi connectivity index (χ0v) is 10.8. The Bertz CT molecular complexity index is 581. The lowest BCUT2D eigenvalue weighted by atomic mass is 10.1. The maximum atomic E-state index is 13.0. The number of ether oxygens (including phenoxy) is 1. The number of esters is 1. The minimum atomic E-state index is -0.648. The number of nitrogens with zero attached hydrogens (tertiary/aromatic N) is 2. The van der Waals surface area contributed by atoms with Gasteiger partial charge in [-0.25, -0.2) is 13.6 Å². The number of aromatic nitrogens is 2. The van der Waals surface area contributed by atoms with E-state index in [1.807, 2.05) is 0 Å². The summed E-state index contributed by atoms with van der Waals surface area (Å²) in [5.74, 6) is -1.84. The first-order valence-corrected chi connectivity index (χ1v) is 6.34. The fraction of sp³-hybridized carbons (Fsp3) is 0.250. The van der Waals surface area contributed by atoms with Crippen LogP contribution in [0.2, 0.25) is 0 Å². The Labute approximate surface area is 112 Å². The molecule has 0 unspecified atom stereocenters. The third-order valence-electron chi connectivity index (χ3n) is 2.19. The Morgan fingerprint density at radius 1 is 1.26 bits per heavy atom. The van der Waals surface area contributed by atoms with Gasteiger partial charge in [-0.15, -0.1) is 10.2 Å². The van der Waals surface area contributed by atoms with Crippen molar-refractivity contribution in [1.29, 1.82) is 0 Å². The van der Waals surface area contributed by atoms with Crippen LogP contribution in [0.3, 0.4) is 0 Å². The first-order chi connectivity index (χ1) is 9.08. The molecule has 1 aromatic heterocycles. The van der Waals surface area contributed by atoms with Crippen molar-refractivity contribution in [2.75, 3.05) is 6.61 Å². The summed E-state index contributed by atoms with van der Waals surface area (Å²) in [5, 5.41) is 8.11. The zero-order valence-electron chi connectivity index (χ0n) is 10.0. The van der Waals surface area contributed by atoms with Crippen LogP contribution in [0.15, 0.2) is 18.2 Å². The Hall–Kier alpha value is -1.89. The molecule has 100 valence electrons. The second-order valence-corrected chi connectivity index (χ2v) is 4.74. The van der Waals surface area contributed by atoms with E-state index in [9.17, 15) is 13.6 Å². The number of benzene rings is 1. The van der Waals surface area contributed by atoms with Crippen LogP contribution >= 0.6 is 11.3 Å². The van der Waals surface area contributed by atoms with Crippen LogP contribution < -0.4 is 0 Å². The Balaban J connectivity index is 2.13. The van der Waals surface area contributed by atoms with E-state index in [-0.39, 0.29) is 18.0 Å². The molecular formula is C12H10F2N2O2S. The lowest BCUT2D eigenvalue weighted by Gasteiger charge is -1.98. The molecule has 2 rings (SSSR count). The van der Waals surface area contributed by atoms with Gasteiger partial charge in [0, 0.05) is 12.5 Å². The number of hydrogen-bond acceptors (Lipinski definition) is 5. The third kappa shape index (κ3) is 3.54. The van der Waals surface area contributed by atoms with Gasteiger partial charge in [0.05, 0.1) is 6.61 Å². The first-order valence-electron chi connectivity index (χ1n) is 5.53. The third-order valence-corrected chi connectivity index (χ3v) is 3.10. The van der Waals surface area contributed by atoms with Crippen molar-refractivity contribution in [2.45, 2.75) is 13.3 Å². The molecule has 0 fully saturated rings. The molecule has 2 aromatic rings. The van der Waals surface area contributed by atoms with Crippen LogP contribution in [0.1, 0.15) is 27.3 Å². The lowest BCUT2D eigenvalue weighted by molar-refractivity contribution is 0.0525. The number of carbonyl (C=O) groups is 1. The van der Waals surface area contributed by atoms with Crippen molar-refractivity contribution in [1.82, 2.24) is 10.2 Å². The fourth-order valence-corrected chi connectivity index (χ4v) is 2.26. The molecule has 1 heterocycles. The number of hydrogen-bond donors (Lipinski definition) is 0. The molecule has 7 heteroatoms. The highest BCUT2D eigenvalue weighted by Gasteiger charge is 2.14. The summed E-state index contributed by atoms with van der Waals surface area (Å²) in [6.07, 6.45) is 0.214. The quantitative estimate of drug-likeness (QED) is 0.810. The van der Waals surface area contributed by atoms with E-state index in [2.05, 4.69) is 10.2 Å². The van der Waals surface area contributed by atoms with Gasteiger partial charge in [-0.1, -0.05) is 11.3 Å². The van der Waals surface area contributed by atoms with Crippen molar-refractivity contribution in [3.05, 3.63) is 45.4 Å². The van der Waals surface area contributed by atoms with Crippen molar-refractivity contribution >= 4 is 17.3 Å². The van der Waals surface area contributed by atoms with Gasteiger partial charge in [-0.2, -0.15) is 0 Å². The van der Waals surface area contributed by atoms with E-state index < -0.39 is 17.6 Å². The first kappa shape index (κ1) is 13.5. The van der Waals surface area contributed by atoms with Crippen LogP contribution in [0.5, 0.6) is 0 Å². The molecule has 0 aliphatic carbocycles. The van der Waals surface area contributed by atoms with Crippen LogP contribution in [-0.2, 0) is 11.2 Å². The van der Waals surface area contributed by atoms with Crippen molar-refractivity contribution in [2.24, 2.45) is 0 Å². The molecule has 0 radical (unpaired) electrons. The van der Waals surface area contributed by atoms with Crippen LogP contribution in [0, 0.1) is 11.6 Å². The molecule has 19 heavy (non-hydrogen) atoms. The minimum Gasteiger partial charge on any atom is -0.461 e. The molecule has 0 N–H and O–H groups in total. The Morgan fingerprint density at radius 2 is 1.95 bits per heavy atom. The minimum absolute atomic E-state index is 0.133. The molecule has 1 aromatic carbocycles. The van der Waals surface area contributed by atoms with Gasteiger partial charge >= 0.3 is 5.97 Å². The number of rotatable bonds is 4. The molecule has 4 nitrogen and oxygen atoms in total. The lowest BCUT2D eigenvalue weighted by Crippen LogP contribution is -2.03. The highest BCUT2D eigenvalue weighted by molar-refractivity contribution is 7.13.